The molecule has 4 fully saturated rings. The number of carboxylic acids is 1. The van der Waals surface area contributed by atoms with E-state index in [4.69, 9.17) is 0 Å². The first-order valence-electron chi connectivity index (χ1n) is 7.59. The van der Waals surface area contributed by atoms with Gasteiger partial charge >= 0.3 is 5.97 Å². The Balaban J connectivity index is 1.72. The van der Waals surface area contributed by atoms with Gasteiger partial charge in [0.2, 0.25) is 0 Å². The molecular weight excluding hydrogens is 252 g/mol. The molecule has 0 aromatic heterocycles. The van der Waals surface area contributed by atoms with Crippen molar-refractivity contribution in [3.63, 3.8) is 0 Å². The summed E-state index contributed by atoms with van der Waals surface area (Å²) in [6, 6.07) is 5.21. The standard InChI is InChI=1S/C17H20O3/c18-14-4-3-12(6-13(14)15(19)20)17-8-11-2-1-5-16(7-11,9-17)10-17/h3-4,6,11,18H,1-2,5,7-10H2,(H,19,20). The van der Waals surface area contributed by atoms with Gasteiger partial charge in [-0.05, 0) is 66.5 Å². The summed E-state index contributed by atoms with van der Waals surface area (Å²) in [5, 5.41) is 18.9. The number of carboxylic acid groups (broad SMARTS) is 1. The van der Waals surface area contributed by atoms with E-state index >= 15 is 0 Å². The molecular formula is C17H20O3. The fraction of sp³-hybridized carbons (Fsp3) is 0.588. The Kier molecular flexibility index (Phi) is 2.31. The molecule has 1 atom stereocenters. The van der Waals surface area contributed by atoms with Crippen molar-refractivity contribution >= 4 is 5.97 Å². The molecule has 1 unspecified atom stereocenters. The summed E-state index contributed by atoms with van der Waals surface area (Å²) in [5.41, 5.74) is 1.94. The van der Waals surface area contributed by atoms with Crippen LogP contribution in [0, 0.1) is 11.3 Å². The predicted octanol–water partition coefficient (Wildman–Crippen LogP) is 3.70. The molecule has 0 amide bonds. The molecule has 0 aliphatic heterocycles. The zero-order valence-corrected chi connectivity index (χ0v) is 11.6. The molecule has 5 rings (SSSR count). The van der Waals surface area contributed by atoms with Crippen LogP contribution in [0.3, 0.4) is 0 Å². The van der Waals surface area contributed by atoms with Gasteiger partial charge in [0.05, 0.1) is 0 Å². The van der Waals surface area contributed by atoms with E-state index in [9.17, 15) is 15.0 Å². The van der Waals surface area contributed by atoms with Gasteiger partial charge in [-0.2, -0.15) is 0 Å². The molecule has 4 saturated carbocycles. The van der Waals surface area contributed by atoms with Crippen LogP contribution in [0.25, 0.3) is 0 Å². The lowest BCUT2D eigenvalue weighted by Crippen LogP contribution is -2.57. The number of carbonyl (C=O) groups is 1. The summed E-state index contributed by atoms with van der Waals surface area (Å²) in [6.45, 7) is 0. The summed E-state index contributed by atoms with van der Waals surface area (Å²) in [4.78, 5) is 11.2. The van der Waals surface area contributed by atoms with Crippen LogP contribution in [-0.4, -0.2) is 16.2 Å². The summed E-state index contributed by atoms with van der Waals surface area (Å²) in [7, 11) is 0. The lowest BCUT2D eigenvalue weighted by atomic mass is 9.39. The molecule has 106 valence electrons. The molecule has 0 radical (unpaired) electrons. The third kappa shape index (κ3) is 1.55. The highest BCUT2D eigenvalue weighted by Gasteiger charge is 2.61. The number of hydrogen-bond acceptors (Lipinski definition) is 2. The first kappa shape index (κ1) is 12.2. The normalized spacial score (nSPS) is 38.1. The van der Waals surface area contributed by atoms with Crippen molar-refractivity contribution in [1.29, 1.82) is 0 Å². The van der Waals surface area contributed by atoms with E-state index in [1.807, 2.05) is 6.07 Å². The number of rotatable bonds is 2. The monoisotopic (exact) mass is 272 g/mol. The van der Waals surface area contributed by atoms with Gasteiger partial charge in [-0.3, -0.25) is 0 Å². The molecule has 1 spiro atoms. The SMILES string of the molecule is O=C(O)c1cc(C23CC4CCCC(C4)(C2)C3)ccc1O. The van der Waals surface area contributed by atoms with Crippen LogP contribution in [0.2, 0.25) is 0 Å². The summed E-state index contributed by atoms with van der Waals surface area (Å²) >= 11 is 0. The van der Waals surface area contributed by atoms with Gasteiger partial charge in [0.25, 0.3) is 0 Å². The van der Waals surface area contributed by atoms with Crippen LogP contribution in [-0.2, 0) is 5.41 Å². The molecule has 3 bridgehead atoms. The second-order valence-electron chi connectivity index (χ2n) is 7.34. The maximum Gasteiger partial charge on any atom is 0.339 e. The minimum absolute atomic E-state index is 0.0496. The van der Waals surface area contributed by atoms with Crippen molar-refractivity contribution in [1.82, 2.24) is 0 Å². The highest BCUT2D eigenvalue weighted by atomic mass is 16.4. The van der Waals surface area contributed by atoms with Crippen LogP contribution in [0.1, 0.15) is 60.9 Å². The maximum absolute atomic E-state index is 11.2. The highest BCUT2D eigenvalue weighted by Crippen LogP contribution is 2.70. The molecule has 3 nitrogen and oxygen atoms in total. The van der Waals surface area contributed by atoms with Crippen LogP contribution in [0.15, 0.2) is 18.2 Å². The van der Waals surface area contributed by atoms with E-state index in [2.05, 4.69) is 0 Å². The number of hydrogen-bond donors (Lipinski definition) is 2. The first-order valence-corrected chi connectivity index (χ1v) is 7.59. The van der Waals surface area contributed by atoms with Crippen molar-refractivity contribution in [2.24, 2.45) is 11.3 Å². The fourth-order valence-corrected chi connectivity index (χ4v) is 5.52. The predicted molar refractivity (Wildman–Crippen MR) is 75.0 cm³/mol. The fourth-order valence-electron chi connectivity index (χ4n) is 5.52. The number of phenols is 1. The quantitative estimate of drug-likeness (QED) is 0.863. The van der Waals surface area contributed by atoms with E-state index in [0.29, 0.717) is 5.41 Å². The third-order valence-electron chi connectivity index (χ3n) is 5.99. The Morgan fingerprint density at radius 3 is 2.75 bits per heavy atom. The molecule has 0 saturated heterocycles. The minimum Gasteiger partial charge on any atom is -0.507 e. The number of aromatic carboxylic acids is 1. The van der Waals surface area contributed by atoms with Crippen LogP contribution >= 0.6 is 0 Å². The summed E-state index contributed by atoms with van der Waals surface area (Å²) < 4.78 is 0. The largest absolute Gasteiger partial charge is 0.507 e. The topological polar surface area (TPSA) is 57.5 Å². The lowest BCUT2D eigenvalue weighted by Gasteiger charge is -2.66. The Hall–Kier alpha value is -1.51. The zero-order chi connectivity index (χ0) is 14.0. The third-order valence-corrected chi connectivity index (χ3v) is 5.99. The van der Waals surface area contributed by atoms with Crippen molar-refractivity contribution < 1.29 is 15.0 Å². The first-order chi connectivity index (χ1) is 9.52. The molecule has 1 aromatic rings. The second-order valence-corrected chi connectivity index (χ2v) is 7.34. The Morgan fingerprint density at radius 1 is 1.25 bits per heavy atom. The van der Waals surface area contributed by atoms with Gasteiger partial charge in [0, 0.05) is 0 Å². The Morgan fingerprint density at radius 2 is 2.05 bits per heavy atom. The molecule has 0 heterocycles. The maximum atomic E-state index is 11.2. The van der Waals surface area contributed by atoms with Crippen molar-refractivity contribution in [3.05, 3.63) is 29.3 Å². The molecule has 4 aliphatic carbocycles. The number of benzene rings is 1. The van der Waals surface area contributed by atoms with Gasteiger partial charge in [-0.25, -0.2) is 4.79 Å². The van der Waals surface area contributed by atoms with Crippen molar-refractivity contribution in [2.75, 3.05) is 0 Å². The van der Waals surface area contributed by atoms with Crippen molar-refractivity contribution in [3.8, 4) is 5.75 Å². The second kappa shape index (κ2) is 3.78. The molecule has 2 N–H and O–H groups in total. The molecule has 4 aliphatic rings. The van der Waals surface area contributed by atoms with Crippen LogP contribution < -0.4 is 0 Å². The van der Waals surface area contributed by atoms with Crippen molar-refractivity contribution in [2.45, 2.75) is 50.4 Å². The number of aromatic hydroxyl groups is 1. The van der Waals surface area contributed by atoms with E-state index in [1.165, 1.54) is 44.9 Å². The van der Waals surface area contributed by atoms with E-state index < -0.39 is 5.97 Å². The summed E-state index contributed by atoms with van der Waals surface area (Å²) in [5.74, 6) is -0.332. The Labute approximate surface area is 118 Å². The Bertz CT molecular complexity index is 578. The molecule has 3 heteroatoms. The average Bonchev–Trinajstić information content (AvgIpc) is 2.36. The van der Waals surface area contributed by atoms with Gasteiger partial charge in [0.15, 0.2) is 0 Å². The lowest BCUT2D eigenvalue weighted by molar-refractivity contribution is -0.0977. The summed E-state index contributed by atoms with van der Waals surface area (Å²) in [6.07, 6.45) is 9.11. The van der Waals surface area contributed by atoms with Gasteiger partial charge in [0.1, 0.15) is 11.3 Å². The smallest absolute Gasteiger partial charge is 0.339 e. The van der Waals surface area contributed by atoms with E-state index in [1.54, 1.807) is 12.1 Å². The minimum atomic E-state index is -1.04. The molecule has 20 heavy (non-hydrogen) atoms. The molecule has 1 aromatic carbocycles. The van der Waals surface area contributed by atoms with E-state index in [0.717, 1.165) is 11.5 Å². The average molecular weight is 272 g/mol. The van der Waals surface area contributed by atoms with Gasteiger partial charge < -0.3 is 10.2 Å². The van der Waals surface area contributed by atoms with Gasteiger partial charge in [-0.1, -0.05) is 18.9 Å². The zero-order valence-electron chi connectivity index (χ0n) is 11.6. The highest BCUT2D eigenvalue weighted by molar-refractivity contribution is 5.91. The van der Waals surface area contributed by atoms with E-state index in [-0.39, 0.29) is 16.7 Å². The van der Waals surface area contributed by atoms with Gasteiger partial charge in [-0.15, -0.1) is 0 Å². The van der Waals surface area contributed by atoms with Crippen LogP contribution in [0.5, 0.6) is 5.75 Å². The van der Waals surface area contributed by atoms with Crippen LogP contribution in [0.4, 0.5) is 0 Å².